The van der Waals surface area contributed by atoms with Gasteiger partial charge < -0.3 is 19.3 Å². The summed E-state index contributed by atoms with van der Waals surface area (Å²) in [5.41, 5.74) is 3.54. The van der Waals surface area contributed by atoms with Crippen molar-refractivity contribution in [2.45, 2.75) is 26.4 Å². The molecule has 33 heavy (non-hydrogen) atoms. The summed E-state index contributed by atoms with van der Waals surface area (Å²) in [5, 5.41) is 2.17. The lowest BCUT2D eigenvalue weighted by molar-refractivity contribution is 0.239. The van der Waals surface area contributed by atoms with Crippen molar-refractivity contribution in [1.82, 2.24) is 19.8 Å². The van der Waals surface area contributed by atoms with E-state index in [0.29, 0.717) is 17.4 Å². The average molecular weight is 466 g/mol. The molecule has 0 bridgehead atoms. The number of aromatic nitrogens is 2. The van der Waals surface area contributed by atoms with Crippen LogP contribution < -0.4 is 14.4 Å². The monoisotopic (exact) mass is 465 g/mol. The molecule has 7 nitrogen and oxygen atoms in total. The van der Waals surface area contributed by atoms with Crippen molar-refractivity contribution < 1.29 is 9.47 Å². The molecule has 0 N–H and O–H groups in total. The maximum Gasteiger partial charge on any atom is 0.229 e. The van der Waals surface area contributed by atoms with E-state index in [1.165, 1.54) is 10.4 Å². The number of anilines is 1. The van der Waals surface area contributed by atoms with Crippen molar-refractivity contribution in [3.8, 4) is 17.4 Å². The van der Waals surface area contributed by atoms with Crippen molar-refractivity contribution in [3.05, 3.63) is 57.4 Å². The predicted molar refractivity (Wildman–Crippen MR) is 132 cm³/mol. The number of rotatable bonds is 6. The van der Waals surface area contributed by atoms with Gasteiger partial charge in [0.05, 0.1) is 18.4 Å². The fourth-order valence-electron chi connectivity index (χ4n) is 4.37. The van der Waals surface area contributed by atoms with Crippen LogP contribution in [0.4, 0.5) is 5.95 Å². The molecule has 0 spiro atoms. The SMILES string of the molecule is COc1ccccc1Oc1nc(N2CCN(C)CC2)nc2c1CN(Cc1sccc1C)CC2. The molecule has 0 aliphatic carbocycles. The minimum Gasteiger partial charge on any atom is -0.493 e. The fourth-order valence-corrected chi connectivity index (χ4v) is 5.32. The van der Waals surface area contributed by atoms with Crippen LogP contribution in [0.3, 0.4) is 0 Å². The number of benzene rings is 1. The van der Waals surface area contributed by atoms with Gasteiger partial charge in [-0.2, -0.15) is 4.98 Å². The summed E-state index contributed by atoms with van der Waals surface area (Å²) in [7, 11) is 3.82. The Kier molecular flexibility index (Phi) is 6.48. The van der Waals surface area contributed by atoms with E-state index in [1.807, 2.05) is 35.6 Å². The Morgan fingerprint density at radius 1 is 1.00 bits per heavy atom. The summed E-state index contributed by atoms with van der Waals surface area (Å²) < 4.78 is 12.0. The normalized spacial score (nSPS) is 17.1. The number of aryl methyl sites for hydroxylation is 1. The Morgan fingerprint density at radius 3 is 2.52 bits per heavy atom. The van der Waals surface area contributed by atoms with E-state index in [-0.39, 0.29) is 0 Å². The second-order valence-corrected chi connectivity index (χ2v) is 9.79. The molecule has 2 aromatic heterocycles. The highest BCUT2D eigenvalue weighted by Gasteiger charge is 2.27. The molecule has 1 aromatic carbocycles. The summed E-state index contributed by atoms with van der Waals surface area (Å²) in [6.07, 6.45) is 0.894. The first kappa shape index (κ1) is 22.1. The van der Waals surface area contributed by atoms with Crippen molar-refractivity contribution >= 4 is 17.3 Å². The molecule has 0 radical (unpaired) electrons. The van der Waals surface area contributed by atoms with Crippen molar-refractivity contribution in [2.75, 3.05) is 51.8 Å². The first-order chi connectivity index (χ1) is 16.1. The molecule has 0 atom stereocenters. The molecule has 5 rings (SSSR count). The van der Waals surface area contributed by atoms with Gasteiger partial charge in [-0.3, -0.25) is 4.90 Å². The van der Waals surface area contributed by atoms with E-state index < -0.39 is 0 Å². The van der Waals surface area contributed by atoms with E-state index in [0.717, 1.165) is 69.4 Å². The highest BCUT2D eigenvalue weighted by atomic mass is 32.1. The summed E-state index contributed by atoms with van der Waals surface area (Å²) >= 11 is 1.83. The Hall–Kier alpha value is -2.68. The molecular formula is C25H31N5O2S. The number of fused-ring (bicyclic) bond motifs is 1. The third kappa shape index (κ3) is 4.83. The first-order valence-corrected chi connectivity index (χ1v) is 12.4. The maximum absolute atomic E-state index is 6.42. The molecular weight excluding hydrogens is 434 g/mol. The van der Waals surface area contributed by atoms with Crippen molar-refractivity contribution in [1.29, 1.82) is 0 Å². The zero-order valence-electron chi connectivity index (χ0n) is 19.6. The molecule has 1 saturated heterocycles. The van der Waals surface area contributed by atoms with E-state index >= 15 is 0 Å². The average Bonchev–Trinajstić information content (AvgIpc) is 3.24. The van der Waals surface area contributed by atoms with Crippen LogP contribution in [-0.4, -0.2) is 66.6 Å². The lowest BCUT2D eigenvalue weighted by Crippen LogP contribution is -2.45. The highest BCUT2D eigenvalue weighted by Crippen LogP contribution is 2.36. The van der Waals surface area contributed by atoms with Gasteiger partial charge in [-0.05, 0) is 43.1 Å². The quantitative estimate of drug-likeness (QED) is 0.546. The number of ether oxygens (including phenoxy) is 2. The van der Waals surface area contributed by atoms with Gasteiger partial charge in [-0.15, -0.1) is 11.3 Å². The smallest absolute Gasteiger partial charge is 0.229 e. The van der Waals surface area contributed by atoms with Crippen LogP contribution in [-0.2, 0) is 19.5 Å². The van der Waals surface area contributed by atoms with Crippen LogP contribution in [0.2, 0.25) is 0 Å². The molecule has 3 aromatic rings. The van der Waals surface area contributed by atoms with Gasteiger partial charge in [0.2, 0.25) is 11.8 Å². The first-order valence-electron chi connectivity index (χ1n) is 11.5. The molecule has 2 aliphatic heterocycles. The number of likely N-dealkylation sites (N-methyl/N-ethyl adjacent to an activating group) is 1. The van der Waals surface area contributed by atoms with Gasteiger partial charge in [0.15, 0.2) is 11.5 Å². The molecule has 1 fully saturated rings. The van der Waals surface area contributed by atoms with Gasteiger partial charge in [0, 0.05) is 57.1 Å². The molecule has 0 unspecified atom stereocenters. The molecule has 8 heteroatoms. The number of thiophene rings is 1. The number of hydrogen-bond donors (Lipinski definition) is 0. The second-order valence-electron chi connectivity index (χ2n) is 8.78. The van der Waals surface area contributed by atoms with Gasteiger partial charge in [0.25, 0.3) is 0 Å². The Morgan fingerprint density at radius 2 is 1.79 bits per heavy atom. The highest BCUT2D eigenvalue weighted by molar-refractivity contribution is 7.10. The van der Waals surface area contributed by atoms with Crippen LogP contribution in [0.25, 0.3) is 0 Å². The number of para-hydroxylation sites is 2. The molecule has 0 saturated carbocycles. The van der Waals surface area contributed by atoms with Gasteiger partial charge in [0.1, 0.15) is 0 Å². The number of methoxy groups -OCH3 is 1. The van der Waals surface area contributed by atoms with Gasteiger partial charge in [-0.1, -0.05) is 12.1 Å². The Balaban J connectivity index is 1.47. The Bertz CT molecular complexity index is 1110. The summed E-state index contributed by atoms with van der Waals surface area (Å²) in [5.74, 6) is 2.80. The third-order valence-corrected chi connectivity index (χ3v) is 7.49. The van der Waals surface area contributed by atoms with E-state index in [4.69, 9.17) is 19.4 Å². The third-order valence-electron chi connectivity index (χ3n) is 6.49. The van der Waals surface area contributed by atoms with Crippen LogP contribution in [0.5, 0.6) is 17.4 Å². The summed E-state index contributed by atoms with van der Waals surface area (Å²) in [6.45, 7) is 8.76. The standard InChI is InChI=1S/C25H31N5O2S/c1-18-9-15-33-23(18)17-29-10-8-20-19(16-29)24(32-22-7-5-4-6-21(22)31-3)27-25(26-20)30-13-11-28(2)12-14-30/h4-7,9,15H,8,10-14,16-17H2,1-3H3. The van der Waals surface area contributed by atoms with Crippen LogP contribution in [0, 0.1) is 6.92 Å². The fraction of sp³-hybridized carbons (Fsp3) is 0.440. The molecule has 0 amide bonds. The van der Waals surface area contributed by atoms with E-state index in [1.54, 1.807) is 7.11 Å². The lowest BCUT2D eigenvalue weighted by Gasteiger charge is -2.34. The molecule has 174 valence electrons. The molecule has 4 heterocycles. The number of piperazine rings is 1. The minimum absolute atomic E-state index is 0.644. The summed E-state index contributed by atoms with van der Waals surface area (Å²) in [6, 6.07) is 9.94. The van der Waals surface area contributed by atoms with E-state index in [2.05, 4.69) is 40.1 Å². The van der Waals surface area contributed by atoms with Crippen LogP contribution in [0.1, 0.15) is 21.7 Å². The second kappa shape index (κ2) is 9.67. The van der Waals surface area contributed by atoms with Crippen molar-refractivity contribution in [3.63, 3.8) is 0 Å². The summed E-state index contributed by atoms with van der Waals surface area (Å²) in [4.78, 5) is 18.5. The molecule has 2 aliphatic rings. The van der Waals surface area contributed by atoms with Crippen LogP contribution >= 0.6 is 11.3 Å². The topological polar surface area (TPSA) is 54.0 Å². The lowest BCUT2D eigenvalue weighted by atomic mass is 10.1. The zero-order chi connectivity index (χ0) is 22.8. The maximum atomic E-state index is 6.42. The van der Waals surface area contributed by atoms with E-state index in [9.17, 15) is 0 Å². The largest absolute Gasteiger partial charge is 0.493 e. The number of hydrogen-bond acceptors (Lipinski definition) is 8. The number of nitrogens with zero attached hydrogens (tertiary/aromatic N) is 5. The van der Waals surface area contributed by atoms with Gasteiger partial charge in [-0.25, -0.2) is 4.98 Å². The van der Waals surface area contributed by atoms with Crippen molar-refractivity contribution in [2.24, 2.45) is 0 Å². The van der Waals surface area contributed by atoms with Crippen LogP contribution in [0.15, 0.2) is 35.7 Å². The zero-order valence-corrected chi connectivity index (χ0v) is 20.4. The minimum atomic E-state index is 0.644. The predicted octanol–water partition coefficient (Wildman–Crippen LogP) is 3.96. The van der Waals surface area contributed by atoms with Gasteiger partial charge >= 0.3 is 0 Å². The Labute approximate surface area is 199 Å².